The first-order valence-corrected chi connectivity index (χ1v) is 4.83. The molecule has 0 aliphatic rings. The second kappa shape index (κ2) is 5.12. The van der Waals surface area contributed by atoms with E-state index in [-0.39, 0.29) is 6.10 Å². The maximum Gasteiger partial charge on any atom is 0.0821 e. The quantitative estimate of drug-likeness (QED) is 0.775. The standard InChI is InChI=1S/C10H18N2O2/c1-8(14-3)4-5-10(13)9-6-11-12(2)7-9/h6-8,10,13H,4-5H2,1-3H3. The SMILES string of the molecule is COC(C)CCC(O)c1cnn(C)c1. The van der Waals surface area contributed by atoms with Crippen LogP contribution in [0.15, 0.2) is 12.4 Å². The van der Waals surface area contributed by atoms with Gasteiger partial charge >= 0.3 is 0 Å². The molecule has 0 aromatic carbocycles. The molecule has 1 N–H and O–H groups in total. The number of hydrogen-bond donors (Lipinski definition) is 1. The van der Waals surface area contributed by atoms with Crippen LogP contribution in [0.2, 0.25) is 0 Å². The summed E-state index contributed by atoms with van der Waals surface area (Å²) >= 11 is 0. The molecule has 4 heteroatoms. The zero-order valence-electron chi connectivity index (χ0n) is 8.97. The average Bonchev–Trinajstić information content (AvgIpc) is 2.60. The van der Waals surface area contributed by atoms with Crippen LogP contribution in [0, 0.1) is 0 Å². The highest BCUT2D eigenvalue weighted by atomic mass is 16.5. The Balaban J connectivity index is 2.39. The normalized spacial score (nSPS) is 15.4. The van der Waals surface area contributed by atoms with Crippen LogP contribution in [0.4, 0.5) is 0 Å². The van der Waals surface area contributed by atoms with Gasteiger partial charge in [-0.25, -0.2) is 0 Å². The van der Waals surface area contributed by atoms with E-state index in [0.29, 0.717) is 6.42 Å². The van der Waals surface area contributed by atoms with Crippen molar-refractivity contribution in [1.29, 1.82) is 0 Å². The van der Waals surface area contributed by atoms with Crippen LogP contribution in [-0.2, 0) is 11.8 Å². The number of aryl methyl sites for hydroxylation is 1. The third kappa shape index (κ3) is 3.12. The van der Waals surface area contributed by atoms with Gasteiger partial charge in [0.05, 0.1) is 18.4 Å². The molecular formula is C10H18N2O2. The number of nitrogens with zero attached hydrogens (tertiary/aromatic N) is 2. The molecule has 0 radical (unpaired) electrons. The fourth-order valence-electron chi connectivity index (χ4n) is 1.29. The highest BCUT2D eigenvalue weighted by Gasteiger charge is 2.11. The van der Waals surface area contributed by atoms with Gasteiger partial charge in [0.15, 0.2) is 0 Å². The number of rotatable bonds is 5. The van der Waals surface area contributed by atoms with Crippen molar-refractivity contribution < 1.29 is 9.84 Å². The Kier molecular flexibility index (Phi) is 4.10. The molecular weight excluding hydrogens is 180 g/mol. The van der Waals surface area contributed by atoms with Gasteiger partial charge in [0.2, 0.25) is 0 Å². The van der Waals surface area contributed by atoms with Crippen LogP contribution in [0.5, 0.6) is 0 Å². The highest BCUT2D eigenvalue weighted by molar-refractivity contribution is 5.07. The zero-order chi connectivity index (χ0) is 10.6. The Morgan fingerprint density at radius 2 is 2.29 bits per heavy atom. The molecule has 1 rings (SSSR count). The molecule has 0 spiro atoms. The Bertz CT molecular complexity index is 273. The van der Waals surface area contributed by atoms with Crippen molar-refractivity contribution in [1.82, 2.24) is 9.78 Å². The Hall–Kier alpha value is -0.870. The van der Waals surface area contributed by atoms with Gasteiger partial charge < -0.3 is 9.84 Å². The molecule has 0 aliphatic heterocycles. The summed E-state index contributed by atoms with van der Waals surface area (Å²) in [5.41, 5.74) is 0.871. The predicted octanol–water partition coefficient (Wildman–Crippen LogP) is 1.27. The number of aliphatic hydroxyl groups is 1. The summed E-state index contributed by atoms with van der Waals surface area (Å²) in [5, 5.41) is 13.8. The van der Waals surface area contributed by atoms with E-state index in [1.807, 2.05) is 20.2 Å². The lowest BCUT2D eigenvalue weighted by atomic mass is 10.1. The van der Waals surface area contributed by atoms with Gasteiger partial charge in [-0.3, -0.25) is 4.68 Å². The van der Waals surface area contributed by atoms with Crippen molar-refractivity contribution >= 4 is 0 Å². The van der Waals surface area contributed by atoms with E-state index in [9.17, 15) is 5.11 Å². The van der Waals surface area contributed by atoms with Crippen molar-refractivity contribution in [2.75, 3.05) is 7.11 Å². The summed E-state index contributed by atoms with van der Waals surface area (Å²) < 4.78 is 6.80. The number of methoxy groups -OCH3 is 1. The van der Waals surface area contributed by atoms with Crippen LogP contribution >= 0.6 is 0 Å². The Morgan fingerprint density at radius 1 is 1.57 bits per heavy atom. The third-order valence-electron chi connectivity index (χ3n) is 2.36. The molecule has 14 heavy (non-hydrogen) atoms. The molecule has 2 atom stereocenters. The molecule has 1 aromatic heterocycles. The highest BCUT2D eigenvalue weighted by Crippen LogP contribution is 2.18. The molecule has 1 heterocycles. The molecule has 0 bridgehead atoms. The minimum Gasteiger partial charge on any atom is -0.388 e. The number of aromatic nitrogens is 2. The molecule has 4 nitrogen and oxygen atoms in total. The van der Waals surface area contributed by atoms with E-state index in [0.717, 1.165) is 12.0 Å². The largest absolute Gasteiger partial charge is 0.388 e. The topological polar surface area (TPSA) is 47.3 Å². The smallest absolute Gasteiger partial charge is 0.0821 e. The minimum atomic E-state index is -0.429. The van der Waals surface area contributed by atoms with E-state index in [1.54, 1.807) is 18.0 Å². The van der Waals surface area contributed by atoms with Gasteiger partial charge in [0.1, 0.15) is 0 Å². The predicted molar refractivity (Wildman–Crippen MR) is 53.9 cm³/mol. The fourth-order valence-corrected chi connectivity index (χ4v) is 1.29. The van der Waals surface area contributed by atoms with Crippen LogP contribution in [-0.4, -0.2) is 28.1 Å². The van der Waals surface area contributed by atoms with Gasteiger partial charge in [0.25, 0.3) is 0 Å². The minimum absolute atomic E-state index is 0.196. The van der Waals surface area contributed by atoms with E-state index in [4.69, 9.17) is 4.74 Å². The first kappa shape index (κ1) is 11.2. The van der Waals surface area contributed by atoms with Crippen molar-refractivity contribution in [3.8, 4) is 0 Å². The van der Waals surface area contributed by atoms with Gasteiger partial charge in [-0.15, -0.1) is 0 Å². The van der Waals surface area contributed by atoms with Gasteiger partial charge in [-0.1, -0.05) is 0 Å². The van der Waals surface area contributed by atoms with Crippen molar-refractivity contribution in [3.05, 3.63) is 18.0 Å². The van der Waals surface area contributed by atoms with E-state index in [1.165, 1.54) is 0 Å². The van der Waals surface area contributed by atoms with Crippen LogP contribution in [0.25, 0.3) is 0 Å². The summed E-state index contributed by atoms with van der Waals surface area (Å²) in [4.78, 5) is 0. The Labute approximate surface area is 84.5 Å². The lowest BCUT2D eigenvalue weighted by molar-refractivity contribution is 0.0851. The molecule has 0 fully saturated rings. The summed E-state index contributed by atoms with van der Waals surface area (Å²) in [5.74, 6) is 0. The molecule has 0 saturated heterocycles. The maximum atomic E-state index is 9.77. The van der Waals surface area contributed by atoms with Crippen LogP contribution in [0.1, 0.15) is 31.4 Å². The average molecular weight is 198 g/mol. The lowest BCUT2D eigenvalue weighted by Gasteiger charge is -2.12. The van der Waals surface area contributed by atoms with Crippen LogP contribution in [0.3, 0.4) is 0 Å². The number of aliphatic hydroxyl groups excluding tert-OH is 1. The Morgan fingerprint density at radius 3 is 2.79 bits per heavy atom. The molecule has 0 aliphatic carbocycles. The van der Waals surface area contributed by atoms with Crippen LogP contribution < -0.4 is 0 Å². The van der Waals surface area contributed by atoms with Crippen molar-refractivity contribution in [3.63, 3.8) is 0 Å². The summed E-state index contributed by atoms with van der Waals surface area (Å²) in [6.45, 7) is 2.00. The molecule has 0 amide bonds. The fraction of sp³-hybridized carbons (Fsp3) is 0.700. The molecule has 0 saturated carbocycles. The summed E-state index contributed by atoms with van der Waals surface area (Å²) in [6.07, 6.45) is 4.86. The maximum absolute atomic E-state index is 9.77. The first-order valence-electron chi connectivity index (χ1n) is 4.83. The van der Waals surface area contributed by atoms with Gasteiger partial charge in [-0.05, 0) is 19.8 Å². The number of ether oxygens (including phenoxy) is 1. The van der Waals surface area contributed by atoms with E-state index >= 15 is 0 Å². The van der Waals surface area contributed by atoms with Crippen molar-refractivity contribution in [2.45, 2.75) is 32.0 Å². The zero-order valence-corrected chi connectivity index (χ0v) is 8.97. The molecule has 1 aromatic rings. The second-order valence-corrected chi connectivity index (χ2v) is 3.59. The van der Waals surface area contributed by atoms with E-state index < -0.39 is 6.10 Å². The van der Waals surface area contributed by atoms with Crippen molar-refractivity contribution in [2.24, 2.45) is 7.05 Å². The number of hydrogen-bond acceptors (Lipinski definition) is 3. The van der Waals surface area contributed by atoms with Gasteiger partial charge in [0, 0.05) is 25.9 Å². The molecule has 2 unspecified atom stereocenters. The van der Waals surface area contributed by atoms with Gasteiger partial charge in [-0.2, -0.15) is 5.10 Å². The molecule has 80 valence electrons. The summed E-state index contributed by atoms with van der Waals surface area (Å²) in [7, 11) is 3.52. The lowest BCUT2D eigenvalue weighted by Crippen LogP contribution is -2.07. The second-order valence-electron chi connectivity index (χ2n) is 3.59. The first-order chi connectivity index (χ1) is 6.63. The summed E-state index contributed by atoms with van der Waals surface area (Å²) in [6, 6.07) is 0. The monoisotopic (exact) mass is 198 g/mol. The third-order valence-corrected chi connectivity index (χ3v) is 2.36. The van der Waals surface area contributed by atoms with E-state index in [2.05, 4.69) is 5.10 Å².